The molecule has 0 rings (SSSR count). The Hall–Kier alpha value is -0.190. The Morgan fingerprint density at radius 3 is 2.27 bits per heavy atom. The monoisotopic (exact) mass is 176 g/mol. The van der Waals surface area contributed by atoms with Crippen molar-refractivity contribution in [2.45, 2.75) is 33.0 Å². The number of aliphatic hydroxyl groups excluding tert-OH is 1. The normalized spacial score (nSPS) is 18.6. The predicted molar refractivity (Wildman–Crippen MR) is 50.2 cm³/mol. The third-order valence-corrected chi connectivity index (χ3v) is 1.88. The lowest BCUT2D eigenvalue weighted by molar-refractivity contribution is 0.108. The van der Waals surface area contributed by atoms with Gasteiger partial charge in [-0.1, -0.05) is 19.1 Å². The van der Waals surface area contributed by atoms with E-state index in [1.807, 2.05) is 13.8 Å². The summed E-state index contributed by atoms with van der Waals surface area (Å²) in [6.45, 7) is 5.62. The summed E-state index contributed by atoms with van der Waals surface area (Å²) in [6, 6.07) is 0.118. The van der Waals surface area contributed by atoms with Gasteiger partial charge in [0.15, 0.2) is 0 Å². The molecule has 0 spiro atoms. The van der Waals surface area contributed by atoms with Crippen molar-refractivity contribution in [3.05, 3.63) is 0 Å². The van der Waals surface area contributed by atoms with E-state index in [1.54, 1.807) is 6.92 Å². The molecule has 0 fully saturated rings. The second-order valence-electron chi connectivity index (χ2n) is 2.84. The zero-order chi connectivity index (χ0) is 9.02. The van der Waals surface area contributed by atoms with Crippen LogP contribution in [0, 0.1) is 5.92 Å². The highest BCUT2D eigenvalue weighted by molar-refractivity contribution is 7.80. The maximum absolute atomic E-state index is 9.00. The van der Waals surface area contributed by atoms with Crippen LogP contribution < -0.4 is 11.1 Å². The first kappa shape index (κ1) is 10.8. The summed E-state index contributed by atoms with van der Waals surface area (Å²) in [5, 5.41) is 12.0. The Bertz CT molecular complexity index is 138. The molecule has 3 atom stereocenters. The minimum atomic E-state index is -0.785. The number of rotatable bonds is 3. The highest BCUT2D eigenvalue weighted by Gasteiger charge is 2.16. The molecular weight excluding hydrogens is 160 g/mol. The van der Waals surface area contributed by atoms with Gasteiger partial charge in [0.05, 0.1) is 4.99 Å². The van der Waals surface area contributed by atoms with Crippen LogP contribution >= 0.6 is 12.2 Å². The van der Waals surface area contributed by atoms with Crippen molar-refractivity contribution >= 4 is 17.2 Å². The standard InChI is InChI=1S/C7H16N2OS/c1-4(7(8)10)5(2)9-6(3)11/h4-5,7,10H,8H2,1-3H3,(H,9,11). The molecule has 0 aromatic carbocycles. The van der Waals surface area contributed by atoms with E-state index in [0.717, 1.165) is 4.99 Å². The Balaban J connectivity index is 3.82. The minimum absolute atomic E-state index is 0.00731. The van der Waals surface area contributed by atoms with E-state index in [0.29, 0.717) is 0 Å². The summed E-state index contributed by atoms with van der Waals surface area (Å²) in [6.07, 6.45) is -0.785. The molecule has 0 aliphatic carbocycles. The highest BCUT2D eigenvalue weighted by atomic mass is 32.1. The average molecular weight is 176 g/mol. The first-order valence-corrected chi connectivity index (χ1v) is 4.06. The molecule has 0 saturated heterocycles. The number of nitrogens with two attached hydrogens (primary N) is 1. The minimum Gasteiger partial charge on any atom is -0.378 e. The Morgan fingerprint density at radius 2 is 2.00 bits per heavy atom. The van der Waals surface area contributed by atoms with E-state index in [4.69, 9.17) is 23.1 Å². The van der Waals surface area contributed by atoms with Gasteiger partial charge in [0.2, 0.25) is 0 Å². The van der Waals surface area contributed by atoms with E-state index in [1.165, 1.54) is 0 Å². The molecule has 11 heavy (non-hydrogen) atoms. The maximum atomic E-state index is 9.00. The molecule has 66 valence electrons. The van der Waals surface area contributed by atoms with Gasteiger partial charge in [-0.15, -0.1) is 0 Å². The van der Waals surface area contributed by atoms with Crippen molar-refractivity contribution in [3.8, 4) is 0 Å². The van der Waals surface area contributed by atoms with Crippen molar-refractivity contribution in [1.29, 1.82) is 0 Å². The van der Waals surface area contributed by atoms with Gasteiger partial charge in [-0.3, -0.25) is 0 Å². The van der Waals surface area contributed by atoms with Crippen LogP contribution in [0.15, 0.2) is 0 Å². The van der Waals surface area contributed by atoms with Gasteiger partial charge in [0.1, 0.15) is 6.23 Å². The summed E-state index contributed by atoms with van der Waals surface area (Å²) in [5.41, 5.74) is 5.28. The van der Waals surface area contributed by atoms with E-state index in [-0.39, 0.29) is 12.0 Å². The van der Waals surface area contributed by atoms with Crippen molar-refractivity contribution < 1.29 is 5.11 Å². The van der Waals surface area contributed by atoms with Crippen LogP contribution in [-0.2, 0) is 0 Å². The van der Waals surface area contributed by atoms with Crippen molar-refractivity contribution in [3.63, 3.8) is 0 Å². The molecule has 0 aromatic rings. The van der Waals surface area contributed by atoms with Crippen LogP contribution in [-0.4, -0.2) is 22.4 Å². The summed E-state index contributed by atoms with van der Waals surface area (Å²) in [7, 11) is 0. The summed E-state index contributed by atoms with van der Waals surface area (Å²) >= 11 is 4.84. The van der Waals surface area contributed by atoms with E-state index >= 15 is 0 Å². The topological polar surface area (TPSA) is 58.3 Å². The average Bonchev–Trinajstić information content (AvgIpc) is 1.84. The van der Waals surface area contributed by atoms with Gasteiger partial charge in [0, 0.05) is 12.0 Å². The predicted octanol–water partition coefficient (Wildman–Crippen LogP) is 0.225. The van der Waals surface area contributed by atoms with Crippen LogP contribution in [0.1, 0.15) is 20.8 Å². The lowest BCUT2D eigenvalue weighted by atomic mass is 10.0. The molecule has 0 aliphatic heterocycles. The van der Waals surface area contributed by atoms with Crippen LogP contribution in [0.2, 0.25) is 0 Å². The largest absolute Gasteiger partial charge is 0.378 e. The van der Waals surface area contributed by atoms with Crippen molar-refractivity contribution in [2.24, 2.45) is 11.7 Å². The molecule has 3 nitrogen and oxygen atoms in total. The SMILES string of the molecule is CC(=S)NC(C)C(C)C(N)O. The van der Waals surface area contributed by atoms with Crippen LogP contribution in [0.3, 0.4) is 0 Å². The fourth-order valence-electron chi connectivity index (χ4n) is 0.748. The zero-order valence-corrected chi connectivity index (χ0v) is 7.98. The second-order valence-corrected chi connectivity index (χ2v) is 3.45. The quantitative estimate of drug-likeness (QED) is 0.425. The molecule has 0 amide bonds. The highest BCUT2D eigenvalue weighted by Crippen LogP contribution is 2.04. The van der Waals surface area contributed by atoms with Gasteiger partial charge < -0.3 is 16.2 Å². The first-order valence-electron chi connectivity index (χ1n) is 3.66. The fourth-order valence-corrected chi connectivity index (χ4v) is 0.934. The van der Waals surface area contributed by atoms with Crippen molar-refractivity contribution in [2.75, 3.05) is 0 Å². The molecule has 0 bridgehead atoms. The Labute approximate surface area is 73.0 Å². The Kier molecular flexibility index (Phi) is 4.56. The number of hydrogen-bond donors (Lipinski definition) is 3. The lowest BCUT2D eigenvalue weighted by Gasteiger charge is -2.23. The van der Waals surface area contributed by atoms with Gasteiger partial charge in [-0.2, -0.15) is 0 Å². The van der Waals surface area contributed by atoms with Crippen LogP contribution in [0.4, 0.5) is 0 Å². The molecule has 4 N–H and O–H groups in total. The van der Waals surface area contributed by atoms with Crippen molar-refractivity contribution in [1.82, 2.24) is 5.32 Å². The zero-order valence-electron chi connectivity index (χ0n) is 7.16. The number of thiocarbonyl (C=S) groups is 1. The first-order chi connectivity index (χ1) is 4.95. The van der Waals surface area contributed by atoms with Gasteiger partial charge in [-0.25, -0.2) is 0 Å². The summed E-state index contributed by atoms with van der Waals surface area (Å²) in [5.74, 6) is 0.00731. The molecule has 0 saturated carbocycles. The number of nitrogens with one attached hydrogen (secondary N) is 1. The third-order valence-electron chi connectivity index (χ3n) is 1.76. The smallest absolute Gasteiger partial charge is 0.106 e. The third kappa shape index (κ3) is 4.29. The van der Waals surface area contributed by atoms with Gasteiger partial charge >= 0.3 is 0 Å². The van der Waals surface area contributed by atoms with Crippen LogP contribution in [0.5, 0.6) is 0 Å². The summed E-state index contributed by atoms with van der Waals surface area (Å²) in [4.78, 5) is 0.727. The molecule has 4 heteroatoms. The molecule has 0 radical (unpaired) electrons. The van der Waals surface area contributed by atoms with Gasteiger partial charge in [0.25, 0.3) is 0 Å². The van der Waals surface area contributed by atoms with E-state index < -0.39 is 6.23 Å². The van der Waals surface area contributed by atoms with Crippen LogP contribution in [0.25, 0.3) is 0 Å². The summed E-state index contributed by atoms with van der Waals surface area (Å²) < 4.78 is 0. The molecule has 0 heterocycles. The second kappa shape index (κ2) is 4.64. The molecule has 3 unspecified atom stereocenters. The maximum Gasteiger partial charge on any atom is 0.106 e. The molecule has 0 aromatic heterocycles. The fraction of sp³-hybridized carbons (Fsp3) is 0.857. The lowest BCUT2D eigenvalue weighted by Crippen LogP contribution is -2.43. The van der Waals surface area contributed by atoms with E-state index in [9.17, 15) is 0 Å². The number of hydrogen-bond acceptors (Lipinski definition) is 3. The Morgan fingerprint density at radius 1 is 1.55 bits per heavy atom. The van der Waals surface area contributed by atoms with E-state index in [2.05, 4.69) is 5.32 Å². The molecule has 0 aliphatic rings. The number of aliphatic hydroxyl groups is 1. The molecular formula is C7H16N2OS. The van der Waals surface area contributed by atoms with Gasteiger partial charge in [-0.05, 0) is 13.8 Å².